The number of ether oxygens (including phenoxy) is 1. The number of carbonyl (C=O) groups excluding carboxylic acids is 1. The minimum atomic E-state index is -0.580. The fourth-order valence-electron chi connectivity index (χ4n) is 3.26. The van der Waals surface area contributed by atoms with Crippen molar-refractivity contribution >= 4 is 5.78 Å². The van der Waals surface area contributed by atoms with Crippen molar-refractivity contribution in [3.05, 3.63) is 34.9 Å². The van der Waals surface area contributed by atoms with Crippen LogP contribution in [0.25, 0.3) is 0 Å². The van der Waals surface area contributed by atoms with Gasteiger partial charge in [0.15, 0.2) is 5.78 Å². The molecule has 1 aromatic rings. The molecule has 20 heavy (non-hydrogen) atoms. The molecule has 0 amide bonds. The van der Waals surface area contributed by atoms with Gasteiger partial charge in [-0.05, 0) is 44.7 Å². The minimum Gasteiger partial charge on any atom is -0.367 e. The van der Waals surface area contributed by atoms with E-state index < -0.39 is 5.60 Å². The Morgan fingerprint density at radius 1 is 1.15 bits per heavy atom. The van der Waals surface area contributed by atoms with E-state index in [9.17, 15) is 4.79 Å². The molecule has 2 heteroatoms. The summed E-state index contributed by atoms with van der Waals surface area (Å²) in [5, 5.41) is 0. The highest BCUT2D eigenvalue weighted by atomic mass is 16.5. The number of carbonyl (C=O) groups is 1. The zero-order valence-electron chi connectivity index (χ0n) is 13.0. The van der Waals surface area contributed by atoms with Crippen LogP contribution >= 0.6 is 0 Å². The van der Waals surface area contributed by atoms with E-state index in [0.29, 0.717) is 6.61 Å². The van der Waals surface area contributed by atoms with Gasteiger partial charge < -0.3 is 4.74 Å². The van der Waals surface area contributed by atoms with Crippen LogP contribution in [0.1, 0.15) is 66.9 Å². The van der Waals surface area contributed by atoms with Gasteiger partial charge in [-0.3, -0.25) is 4.79 Å². The van der Waals surface area contributed by atoms with Gasteiger partial charge in [-0.25, -0.2) is 0 Å². The molecule has 0 aliphatic heterocycles. The van der Waals surface area contributed by atoms with Gasteiger partial charge in [-0.2, -0.15) is 0 Å². The van der Waals surface area contributed by atoms with E-state index in [2.05, 4.69) is 13.0 Å². The third kappa shape index (κ3) is 2.95. The summed E-state index contributed by atoms with van der Waals surface area (Å²) in [7, 11) is 0. The molecule has 0 saturated heterocycles. The predicted octanol–water partition coefficient (Wildman–Crippen LogP) is 4.62. The Morgan fingerprint density at radius 3 is 2.40 bits per heavy atom. The summed E-state index contributed by atoms with van der Waals surface area (Å²) in [4.78, 5) is 13.1. The second-order valence-electron chi connectivity index (χ2n) is 5.92. The number of benzene rings is 1. The normalized spacial score (nSPS) is 18.6. The summed E-state index contributed by atoms with van der Waals surface area (Å²) in [6.45, 7) is 6.70. The lowest BCUT2D eigenvalue weighted by atomic mass is 9.83. The standard InChI is InChI=1S/C18H26O2/c1-4-20-18(12-7-5-6-8-13-18)17(19)16-11-9-10-14(2)15(16)3/h9-11H,4-8,12-13H2,1-3H3. The second-order valence-corrected chi connectivity index (χ2v) is 5.92. The maximum absolute atomic E-state index is 13.1. The number of ketones is 1. The zero-order valence-corrected chi connectivity index (χ0v) is 13.0. The Kier molecular flexibility index (Phi) is 4.98. The van der Waals surface area contributed by atoms with Crippen LogP contribution in [0.3, 0.4) is 0 Å². The lowest BCUT2D eigenvalue weighted by molar-refractivity contribution is -0.0292. The van der Waals surface area contributed by atoms with Crippen LogP contribution in [0, 0.1) is 13.8 Å². The lowest BCUT2D eigenvalue weighted by Crippen LogP contribution is -2.41. The molecule has 1 saturated carbocycles. The molecule has 0 N–H and O–H groups in total. The monoisotopic (exact) mass is 274 g/mol. The SMILES string of the molecule is CCOC1(C(=O)c2cccc(C)c2C)CCCCCC1. The topological polar surface area (TPSA) is 26.3 Å². The molecule has 0 aromatic heterocycles. The van der Waals surface area contributed by atoms with Crippen molar-refractivity contribution in [3.63, 3.8) is 0 Å². The number of aryl methyl sites for hydroxylation is 1. The number of Topliss-reactive ketones (excluding diaryl/α,β-unsaturated/α-hetero) is 1. The van der Waals surface area contributed by atoms with Crippen molar-refractivity contribution in [1.29, 1.82) is 0 Å². The molecule has 1 aliphatic carbocycles. The maximum Gasteiger partial charge on any atom is 0.194 e. The van der Waals surface area contributed by atoms with Crippen molar-refractivity contribution < 1.29 is 9.53 Å². The maximum atomic E-state index is 13.1. The van der Waals surface area contributed by atoms with Crippen LogP contribution in [0.4, 0.5) is 0 Å². The van der Waals surface area contributed by atoms with Crippen LogP contribution in [0.5, 0.6) is 0 Å². The predicted molar refractivity (Wildman–Crippen MR) is 82.3 cm³/mol. The van der Waals surface area contributed by atoms with Gasteiger partial charge in [0.1, 0.15) is 5.60 Å². The van der Waals surface area contributed by atoms with Gasteiger partial charge in [0.05, 0.1) is 0 Å². The molecule has 0 unspecified atom stereocenters. The van der Waals surface area contributed by atoms with Crippen molar-refractivity contribution in [2.24, 2.45) is 0 Å². The smallest absolute Gasteiger partial charge is 0.194 e. The summed E-state index contributed by atoms with van der Waals surface area (Å²) in [5.74, 6) is 0.197. The molecule has 0 heterocycles. The van der Waals surface area contributed by atoms with Crippen LogP contribution in [0.15, 0.2) is 18.2 Å². The van der Waals surface area contributed by atoms with Gasteiger partial charge in [0, 0.05) is 12.2 Å². The fraction of sp³-hybridized carbons (Fsp3) is 0.611. The average molecular weight is 274 g/mol. The van der Waals surface area contributed by atoms with Crippen LogP contribution in [-0.4, -0.2) is 18.0 Å². The Hall–Kier alpha value is -1.15. The summed E-state index contributed by atoms with van der Waals surface area (Å²) < 4.78 is 6.01. The molecule has 0 bridgehead atoms. The summed E-state index contributed by atoms with van der Waals surface area (Å²) in [6, 6.07) is 5.99. The van der Waals surface area contributed by atoms with Crippen molar-refractivity contribution in [2.75, 3.05) is 6.61 Å². The largest absolute Gasteiger partial charge is 0.367 e. The van der Waals surface area contributed by atoms with E-state index in [-0.39, 0.29) is 5.78 Å². The highest BCUT2D eigenvalue weighted by Crippen LogP contribution is 2.34. The highest BCUT2D eigenvalue weighted by Gasteiger charge is 2.40. The van der Waals surface area contributed by atoms with E-state index in [1.165, 1.54) is 18.4 Å². The first-order chi connectivity index (χ1) is 9.60. The Bertz CT molecular complexity index is 468. The minimum absolute atomic E-state index is 0.197. The van der Waals surface area contributed by atoms with E-state index in [4.69, 9.17) is 4.74 Å². The fourth-order valence-corrected chi connectivity index (χ4v) is 3.26. The Balaban J connectivity index is 2.37. The second kappa shape index (κ2) is 6.53. The Labute approximate surface area is 122 Å². The summed E-state index contributed by atoms with van der Waals surface area (Å²) in [5.41, 5.74) is 2.54. The molecule has 1 aliphatic rings. The molecular weight excluding hydrogens is 248 g/mol. The van der Waals surface area contributed by atoms with Gasteiger partial charge in [-0.1, -0.05) is 43.9 Å². The lowest BCUT2D eigenvalue weighted by Gasteiger charge is -2.31. The van der Waals surface area contributed by atoms with Crippen LogP contribution in [0.2, 0.25) is 0 Å². The third-order valence-corrected chi connectivity index (χ3v) is 4.59. The number of rotatable bonds is 4. The summed E-state index contributed by atoms with van der Waals surface area (Å²) >= 11 is 0. The molecule has 2 rings (SSSR count). The summed E-state index contributed by atoms with van der Waals surface area (Å²) in [6.07, 6.45) is 6.36. The molecule has 1 aromatic carbocycles. The van der Waals surface area contributed by atoms with Gasteiger partial charge in [0.25, 0.3) is 0 Å². The number of hydrogen-bond donors (Lipinski definition) is 0. The van der Waals surface area contributed by atoms with E-state index in [1.54, 1.807) is 0 Å². The first-order valence-corrected chi connectivity index (χ1v) is 7.86. The van der Waals surface area contributed by atoms with Crippen molar-refractivity contribution in [3.8, 4) is 0 Å². The van der Waals surface area contributed by atoms with Crippen LogP contribution in [-0.2, 0) is 4.74 Å². The molecule has 110 valence electrons. The van der Waals surface area contributed by atoms with Crippen molar-refractivity contribution in [2.45, 2.75) is 64.9 Å². The molecule has 2 nitrogen and oxygen atoms in total. The zero-order chi connectivity index (χ0) is 14.6. The number of hydrogen-bond acceptors (Lipinski definition) is 2. The van der Waals surface area contributed by atoms with E-state index in [1.807, 2.05) is 26.0 Å². The molecule has 0 spiro atoms. The van der Waals surface area contributed by atoms with Gasteiger partial charge in [-0.15, -0.1) is 0 Å². The van der Waals surface area contributed by atoms with E-state index in [0.717, 1.165) is 36.8 Å². The first kappa shape index (κ1) is 15.2. The first-order valence-electron chi connectivity index (χ1n) is 7.86. The third-order valence-electron chi connectivity index (χ3n) is 4.59. The van der Waals surface area contributed by atoms with E-state index >= 15 is 0 Å². The van der Waals surface area contributed by atoms with Crippen LogP contribution < -0.4 is 0 Å². The molecule has 1 fully saturated rings. The van der Waals surface area contributed by atoms with Crippen molar-refractivity contribution in [1.82, 2.24) is 0 Å². The van der Waals surface area contributed by atoms with Gasteiger partial charge in [0.2, 0.25) is 0 Å². The Morgan fingerprint density at radius 2 is 1.80 bits per heavy atom. The molecule has 0 atom stereocenters. The molecule has 0 radical (unpaired) electrons. The molecular formula is C18H26O2. The average Bonchev–Trinajstić information content (AvgIpc) is 2.68. The quantitative estimate of drug-likeness (QED) is 0.591. The van der Waals surface area contributed by atoms with Gasteiger partial charge >= 0.3 is 0 Å². The highest BCUT2D eigenvalue weighted by molar-refractivity contribution is 6.03.